The molecule has 2 heteroatoms. The highest BCUT2D eigenvalue weighted by molar-refractivity contribution is 9.10. The largest absolute Gasteiger partial charge is 0.306 e. The third-order valence-corrected chi connectivity index (χ3v) is 4.55. The van der Waals surface area contributed by atoms with Crippen LogP contribution in [-0.4, -0.2) is 0 Å². The zero-order chi connectivity index (χ0) is 14.5. The minimum absolute atomic E-state index is 0.416. The van der Waals surface area contributed by atoms with Crippen molar-refractivity contribution in [3.63, 3.8) is 0 Å². The summed E-state index contributed by atoms with van der Waals surface area (Å²) in [5.41, 5.74) is 5.29. The minimum Gasteiger partial charge on any atom is -0.306 e. The summed E-state index contributed by atoms with van der Waals surface area (Å²) in [4.78, 5) is 0. The van der Waals surface area contributed by atoms with E-state index in [4.69, 9.17) is 0 Å². The first-order valence-corrected chi connectivity index (χ1v) is 7.94. The SMILES string of the molecule is CCC(NCc1ccc(Br)c(C)c1)c1ccc(C)cc1. The number of benzene rings is 2. The summed E-state index contributed by atoms with van der Waals surface area (Å²) in [6.45, 7) is 7.39. The number of nitrogens with one attached hydrogen (secondary N) is 1. The van der Waals surface area contributed by atoms with Crippen LogP contribution >= 0.6 is 15.9 Å². The molecule has 2 rings (SSSR count). The Morgan fingerprint density at radius 1 is 1.05 bits per heavy atom. The molecule has 0 amide bonds. The summed E-state index contributed by atoms with van der Waals surface area (Å²) >= 11 is 3.55. The van der Waals surface area contributed by atoms with Gasteiger partial charge in [0.15, 0.2) is 0 Å². The van der Waals surface area contributed by atoms with Crippen LogP contribution < -0.4 is 5.32 Å². The van der Waals surface area contributed by atoms with Crippen LogP contribution in [0.3, 0.4) is 0 Å². The van der Waals surface area contributed by atoms with Crippen molar-refractivity contribution < 1.29 is 0 Å². The Balaban J connectivity index is 2.03. The molecule has 1 nitrogen and oxygen atoms in total. The van der Waals surface area contributed by atoms with Crippen LogP contribution in [0, 0.1) is 13.8 Å². The quantitative estimate of drug-likeness (QED) is 0.783. The predicted molar refractivity (Wildman–Crippen MR) is 89.9 cm³/mol. The molecule has 0 aliphatic heterocycles. The molecule has 1 atom stereocenters. The molecule has 0 radical (unpaired) electrons. The lowest BCUT2D eigenvalue weighted by Gasteiger charge is -2.18. The second kappa shape index (κ2) is 7.05. The van der Waals surface area contributed by atoms with Gasteiger partial charge in [-0.3, -0.25) is 0 Å². The lowest BCUT2D eigenvalue weighted by Crippen LogP contribution is -2.20. The third kappa shape index (κ3) is 3.94. The van der Waals surface area contributed by atoms with Crippen LogP contribution in [0.4, 0.5) is 0 Å². The van der Waals surface area contributed by atoms with Crippen LogP contribution in [0.2, 0.25) is 0 Å². The van der Waals surface area contributed by atoms with Gasteiger partial charge in [-0.1, -0.05) is 64.8 Å². The van der Waals surface area contributed by atoms with Crippen molar-refractivity contribution in [3.05, 3.63) is 69.2 Å². The Bertz CT molecular complexity index is 560. The van der Waals surface area contributed by atoms with Crippen LogP contribution in [0.5, 0.6) is 0 Å². The summed E-state index contributed by atoms with van der Waals surface area (Å²) in [5, 5.41) is 3.65. The number of aryl methyl sites for hydroxylation is 2. The van der Waals surface area contributed by atoms with Crippen LogP contribution in [0.15, 0.2) is 46.9 Å². The highest BCUT2D eigenvalue weighted by Gasteiger charge is 2.08. The van der Waals surface area contributed by atoms with Crippen LogP contribution in [-0.2, 0) is 6.54 Å². The van der Waals surface area contributed by atoms with Crippen molar-refractivity contribution in [2.24, 2.45) is 0 Å². The monoisotopic (exact) mass is 331 g/mol. The van der Waals surface area contributed by atoms with E-state index < -0.39 is 0 Å². The zero-order valence-corrected chi connectivity index (χ0v) is 14.0. The van der Waals surface area contributed by atoms with Gasteiger partial charge in [-0.2, -0.15) is 0 Å². The molecule has 0 saturated carbocycles. The number of rotatable bonds is 5. The first-order chi connectivity index (χ1) is 9.60. The van der Waals surface area contributed by atoms with E-state index in [1.807, 2.05) is 0 Å². The molecule has 0 aliphatic carbocycles. The molecular weight excluding hydrogens is 310 g/mol. The number of hydrogen-bond donors (Lipinski definition) is 1. The van der Waals surface area contributed by atoms with Gasteiger partial charge < -0.3 is 5.32 Å². The first-order valence-electron chi connectivity index (χ1n) is 7.15. The Morgan fingerprint density at radius 2 is 1.75 bits per heavy atom. The Kier molecular flexibility index (Phi) is 5.38. The van der Waals surface area contributed by atoms with Crippen molar-refractivity contribution in [1.29, 1.82) is 0 Å². The molecule has 0 heterocycles. The fourth-order valence-corrected chi connectivity index (χ4v) is 2.60. The molecule has 0 aliphatic rings. The minimum atomic E-state index is 0.416. The van der Waals surface area contributed by atoms with E-state index in [0.717, 1.165) is 13.0 Å². The molecule has 2 aromatic rings. The second-order valence-corrected chi connectivity index (χ2v) is 6.19. The summed E-state index contributed by atoms with van der Waals surface area (Å²) < 4.78 is 1.17. The fraction of sp³-hybridized carbons (Fsp3) is 0.333. The van der Waals surface area contributed by atoms with Crippen molar-refractivity contribution in [1.82, 2.24) is 5.32 Å². The van der Waals surface area contributed by atoms with Gasteiger partial charge in [-0.25, -0.2) is 0 Å². The molecule has 2 aromatic carbocycles. The van der Waals surface area contributed by atoms with E-state index in [2.05, 4.69) is 84.5 Å². The van der Waals surface area contributed by atoms with Gasteiger partial charge >= 0.3 is 0 Å². The normalized spacial score (nSPS) is 12.4. The Labute approximate surface area is 130 Å². The van der Waals surface area contributed by atoms with E-state index >= 15 is 0 Å². The standard InChI is InChI=1S/C18H22BrN/c1-4-18(16-8-5-13(2)6-9-16)20-12-15-7-10-17(19)14(3)11-15/h5-11,18,20H,4,12H2,1-3H3. The maximum Gasteiger partial charge on any atom is 0.0320 e. The Morgan fingerprint density at radius 3 is 2.35 bits per heavy atom. The smallest absolute Gasteiger partial charge is 0.0320 e. The van der Waals surface area contributed by atoms with E-state index in [-0.39, 0.29) is 0 Å². The van der Waals surface area contributed by atoms with Gasteiger partial charge in [0, 0.05) is 17.1 Å². The van der Waals surface area contributed by atoms with Gasteiger partial charge in [-0.05, 0) is 43.0 Å². The van der Waals surface area contributed by atoms with Crippen molar-refractivity contribution in [2.45, 2.75) is 39.8 Å². The maximum atomic E-state index is 3.65. The molecule has 0 spiro atoms. The summed E-state index contributed by atoms with van der Waals surface area (Å²) in [6, 6.07) is 15.8. The Hall–Kier alpha value is -1.12. The van der Waals surface area contributed by atoms with Gasteiger partial charge in [0.1, 0.15) is 0 Å². The highest BCUT2D eigenvalue weighted by Crippen LogP contribution is 2.20. The average molecular weight is 332 g/mol. The lowest BCUT2D eigenvalue weighted by molar-refractivity contribution is 0.519. The van der Waals surface area contributed by atoms with E-state index in [9.17, 15) is 0 Å². The van der Waals surface area contributed by atoms with Gasteiger partial charge in [0.2, 0.25) is 0 Å². The van der Waals surface area contributed by atoms with Gasteiger partial charge in [0.05, 0.1) is 0 Å². The van der Waals surface area contributed by atoms with Crippen molar-refractivity contribution >= 4 is 15.9 Å². The van der Waals surface area contributed by atoms with Crippen LogP contribution in [0.25, 0.3) is 0 Å². The van der Waals surface area contributed by atoms with Crippen molar-refractivity contribution in [3.8, 4) is 0 Å². The topological polar surface area (TPSA) is 12.0 Å². The summed E-state index contributed by atoms with van der Waals surface area (Å²) in [5.74, 6) is 0. The second-order valence-electron chi connectivity index (χ2n) is 5.34. The lowest BCUT2D eigenvalue weighted by atomic mass is 10.0. The molecule has 0 fully saturated rings. The molecule has 0 bridgehead atoms. The number of hydrogen-bond acceptors (Lipinski definition) is 1. The van der Waals surface area contributed by atoms with Crippen molar-refractivity contribution in [2.75, 3.05) is 0 Å². The fourth-order valence-electron chi connectivity index (χ4n) is 2.35. The molecule has 0 aromatic heterocycles. The molecule has 1 N–H and O–H groups in total. The molecule has 20 heavy (non-hydrogen) atoms. The predicted octanol–water partition coefficient (Wildman–Crippen LogP) is 5.31. The average Bonchev–Trinajstić information content (AvgIpc) is 2.45. The molecule has 1 unspecified atom stereocenters. The summed E-state index contributed by atoms with van der Waals surface area (Å²) in [6.07, 6.45) is 1.10. The highest BCUT2D eigenvalue weighted by atomic mass is 79.9. The molecular formula is C18H22BrN. The van der Waals surface area contributed by atoms with E-state index in [1.165, 1.54) is 26.7 Å². The molecule has 106 valence electrons. The first kappa shape index (κ1) is 15.3. The van der Waals surface area contributed by atoms with Gasteiger partial charge in [-0.15, -0.1) is 0 Å². The third-order valence-electron chi connectivity index (χ3n) is 3.66. The van der Waals surface area contributed by atoms with E-state index in [1.54, 1.807) is 0 Å². The summed E-state index contributed by atoms with van der Waals surface area (Å²) in [7, 11) is 0. The van der Waals surface area contributed by atoms with Crippen LogP contribution in [0.1, 0.15) is 41.6 Å². The molecule has 0 saturated heterocycles. The van der Waals surface area contributed by atoms with E-state index in [0.29, 0.717) is 6.04 Å². The van der Waals surface area contributed by atoms with Gasteiger partial charge in [0.25, 0.3) is 0 Å². The zero-order valence-electron chi connectivity index (χ0n) is 12.4. The maximum absolute atomic E-state index is 3.65. The number of halogens is 1.